The molecule has 17 heavy (non-hydrogen) atoms. The molecule has 3 rings (SSSR count). The minimum absolute atomic E-state index is 0.0597. The highest BCUT2D eigenvalue weighted by atomic mass is 16.6. The summed E-state index contributed by atoms with van der Waals surface area (Å²) in [5, 5.41) is 0. The van der Waals surface area contributed by atoms with Gasteiger partial charge in [0.15, 0.2) is 11.5 Å². The van der Waals surface area contributed by atoms with E-state index in [0.717, 1.165) is 11.5 Å². The van der Waals surface area contributed by atoms with Crippen LogP contribution in [0.25, 0.3) is 0 Å². The number of fused-ring (bicyclic) bond motifs is 1. The van der Waals surface area contributed by atoms with Gasteiger partial charge >= 0.3 is 0 Å². The van der Waals surface area contributed by atoms with Gasteiger partial charge in [0.1, 0.15) is 13.2 Å². The summed E-state index contributed by atoms with van der Waals surface area (Å²) in [7, 11) is 0. The maximum absolute atomic E-state index is 6.09. The van der Waals surface area contributed by atoms with Gasteiger partial charge < -0.3 is 19.9 Å². The number of rotatable bonds is 2. The van der Waals surface area contributed by atoms with E-state index in [0.29, 0.717) is 26.4 Å². The number of hydrogen-bond acceptors (Lipinski definition) is 4. The number of ether oxygens (including phenoxy) is 3. The van der Waals surface area contributed by atoms with E-state index in [1.165, 1.54) is 5.56 Å². The van der Waals surface area contributed by atoms with Crippen LogP contribution in [0.5, 0.6) is 11.5 Å². The van der Waals surface area contributed by atoms with Crippen LogP contribution in [0.1, 0.15) is 12.5 Å². The normalized spacial score (nSPS) is 22.7. The van der Waals surface area contributed by atoms with Crippen LogP contribution in [0.4, 0.5) is 0 Å². The minimum atomic E-state index is -0.0597. The Kier molecular flexibility index (Phi) is 2.49. The van der Waals surface area contributed by atoms with Gasteiger partial charge in [-0.3, -0.25) is 0 Å². The predicted octanol–water partition coefficient (Wildman–Crippen LogP) is 1.07. The van der Waals surface area contributed by atoms with E-state index in [9.17, 15) is 0 Å². The molecule has 1 unspecified atom stereocenters. The molecule has 4 heteroatoms. The van der Waals surface area contributed by atoms with Crippen molar-refractivity contribution in [3.8, 4) is 11.5 Å². The van der Waals surface area contributed by atoms with E-state index in [1.54, 1.807) is 0 Å². The summed E-state index contributed by atoms with van der Waals surface area (Å²) < 4.78 is 16.5. The van der Waals surface area contributed by atoms with Crippen molar-refractivity contribution in [3.63, 3.8) is 0 Å². The van der Waals surface area contributed by atoms with Crippen molar-refractivity contribution in [1.82, 2.24) is 0 Å². The van der Waals surface area contributed by atoms with E-state index >= 15 is 0 Å². The van der Waals surface area contributed by atoms with Crippen molar-refractivity contribution in [2.45, 2.75) is 18.4 Å². The second kappa shape index (κ2) is 3.89. The average molecular weight is 235 g/mol. The van der Waals surface area contributed by atoms with Crippen molar-refractivity contribution >= 4 is 0 Å². The molecule has 0 amide bonds. The molecule has 2 heterocycles. The lowest BCUT2D eigenvalue weighted by atomic mass is 9.73. The van der Waals surface area contributed by atoms with Gasteiger partial charge in [-0.05, 0) is 24.6 Å². The molecule has 0 aliphatic carbocycles. The summed E-state index contributed by atoms with van der Waals surface area (Å²) in [5.41, 5.74) is 7.21. The first-order valence-electron chi connectivity index (χ1n) is 5.96. The van der Waals surface area contributed by atoms with Gasteiger partial charge in [-0.2, -0.15) is 0 Å². The van der Waals surface area contributed by atoms with E-state index in [1.807, 2.05) is 19.1 Å². The van der Waals surface area contributed by atoms with E-state index in [2.05, 4.69) is 6.07 Å². The molecule has 0 spiro atoms. The first-order valence-corrected chi connectivity index (χ1v) is 5.96. The minimum Gasteiger partial charge on any atom is -0.486 e. The first kappa shape index (κ1) is 10.9. The predicted molar refractivity (Wildman–Crippen MR) is 63.6 cm³/mol. The largest absolute Gasteiger partial charge is 0.486 e. The lowest BCUT2D eigenvalue weighted by Crippen LogP contribution is -2.57. The molecule has 0 saturated carbocycles. The Bertz CT molecular complexity index is 427. The maximum atomic E-state index is 6.09. The van der Waals surface area contributed by atoms with Crippen LogP contribution in [0.15, 0.2) is 18.2 Å². The number of nitrogens with two attached hydrogens (primary N) is 1. The summed E-state index contributed by atoms with van der Waals surface area (Å²) in [6, 6.07) is 6.14. The molecule has 4 nitrogen and oxygen atoms in total. The molecule has 0 radical (unpaired) electrons. The topological polar surface area (TPSA) is 53.7 Å². The monoisotopic (exact) mass is 235 g/mol. The lowest BCUT2D eigenvalue weighted by molar-refractivity contribution is -0.0703. The van der Waals surface area contributed by atoms with Crippen LogP contribution in [-0.4, -0.2) is 32.5 Å². The van der Waals surface area contributed by atoms with Gasteiger partial charge in [0.2, 0.25) is 0 Å². The van der Waals surface area contributed by atoms with E-state index < -0.39 is 0 Å². The summed E-state index contributed by atoms with van der Waals surface area (Å²) >= 11 is 0. The number of benzene rings is 1. The third-order valence-corrected chi connectivity index (χ3v) is 3.71. The Balaban J connectivity index is 1.98. The van der Waals surface area contributed by atoms with E-state index in [-0.39, 0.29) is 11.5 Å². The second-order valence-corrected chi connectivity index (χ2v) is 4.80. The summed E-state index contributed by atoms with van der Waals surface area (Å²) in [6.07, 6.45) is 0. The molecule has 1 saturated heterocycles. The molecule has 1 fully saturated rings. The van der Waals surface area contributed by atoms with Crippen LogP contribution in [0.3, 0.4) is 0 Å². The quantitative estimate of drug-likeness (QED) is 0.833. The van der Waals surface area contributed by atoms with Gasteiger partial charge in [0.05, 0.1) is 18.6 Å². The van der Waals surface area contributed by atoms with E-state index in [4.69, 9.17) is 19.9 Å². The Morgan fingerprint density at radius 3 is 2.47 bits per heavy atom. The molecule has 1 atom stereocenters. The Labute approximate surface area is 101 Å². The highest BCUT2D eigenvalue weighted by Crippen LogP contribution is 2.40. The highest BCUT2D eigenvalue weighted by molar-refractivity contribution is 5.47. The van der Waals surface area contributed by atoms with Crippen molar-refractivity contribution in [1.29, 1.82) is 0 Å². The molecule has 2 N–H and O–H groups in total. The van der Waals surface area contributed by atoms with Crippen molar-refractivity contribution < 1.29 is 14.2 Å². The fourth-order valence-electron chi connectivity index (χ4n) is 2.37. The van der Waals surface area contributed by atoms with Gasteiger partial charge in [0, 0.05) is 6.04 Å². The van der Waals surface area contributed by atoms with Crippen LogP contribution < -0.4 is 15.2 Å². The summed E-state index contributed by atoms with van der Waals surface area (Å²) in [6.45, 7) is 4.62. The molecule has 92 valence electrons. The fraction of sp³-hybridized carbons (Fsp3) is 0.538. The zero-order chi connectivity index (χ0) is 11.9. The standard InChI is InChI=1S/C13H17NO3/c1-9(14)13(7-15-8-13)10-2-3-11-12(6-10)17-5-4-16-11/h2-3,6,9H,4-5,7-8,14H2,1H3. The van der Waals surface area contributed by atoms with Crippen molar-refractivity contribution in [2.75, 3.05) is 26.4 Å². The first-order chi connectivity index (χ1) is 8.22. The van der Waals surface area contributed by atoms with Crippen molar-refractivity contribution in [3.05, 3.63) is 23.8 Å². The molecule has 1 aromatic carbocycles. The summed E-state index contributed by atoms with van der Waals surface area (Å²) in [4.78, 5) is 0. The Morgan fingerprint density at radius 1 is 1.18 bits per heavy atom. The molecular weight excluding hydrogens is 218 g/mol. The zero-order valence-electron chi connectivity index (χ0n) is 9.94. The Hall–Kier alpha value is -1.26. The number of hydrogen-bond donors (Lipinski definition) is 1. The van der Waals surface area contributed by atoms with Crippen LogP contribution >= 0.6 is 0 Å². The highest BCUT2D eigenvalue weighted by Gasteiger charge is 2.44. The fourth-order valence-corrected chi connectivity index (χ4v) is 2.37. The Morgan fingerprint density at radius 2 is 1.88 bits per heavy atom. The molecule has 2 aliphatic heterocycles. The van der Waals surface area contributed by atoms with Crippen LogP contribution in [0, 0.1) is 0 Å². The average Bonchev–Trinajstić information content (AvgIpc) is 2.27. The third-order valence-electron chi connectivity index (χ3n) is 3.71. The molecule has 1 aromatic rings. The van der Waals surface area contributed by atoms with Gasteiger partial charge in [0.25, 0.3) is 0 Å². The smallest absolute Gasteiger partial charge is 0.161 e. The summed E-state index contributed by atoms with van der Waals surface area (Å²) in [5.74, 6) is 1.64. The SMILES string of the molecule is CC(N)C1(c2ccc3c(c2)OCCO3)COC1. The lowest BCUT2D eigenvalue weighted by Gasteiger charge is -2.45. The van der Waals surface area contributed by atoms with Crippen molar-refractivity contribution in [2.24, 2.45) is 5.73 Å². The van der Waals surface area contributed by atoms with Gasteiger partial charge in [-0.15, -0.1) is 0 Å². The third kappa shape index (κ3) is 1.59. The van der Waals surface area contributed by atoms with Gasteiger partial charge in [-0.1, -0.05) is 6.07 Å². The maximum Gasteiger partial charge on any atom is 0.161 e. The molecule has 2 aliphatic rings. The van der Waals surface area contributed by atoms with Crippen LogP contribution in [-0.2, 0) is 10.2 Å². The second-order valence-electron chi connectivity index (χ2n) is 4.80. The zero-order valence-corrected chi connectivity index (χ0v) is 9.94. The molecule has 0 bridgehead atoms. The van der Waals surface area contributed by atoms with Crippen LogP contribution in [0.2, 0.25) is 0 Å². The van der Waals surface area contributed by atoms with Gasteiger partial charge in [-0.25, -0.2) is 0 Å². The molecule has 0 aromatic heterocycles. The molecular formula is C13H17NO3.